The molecule has 0 amide bonds. The van der Waals surface area contributed by atoms with Crippen molar-refractivity contribution in [3.05, 3.63) is 35.9 Å². The van der Waals surface area contributed by atoms with Gasteiger partial charge in [0.15, 0.2) is 0 Å². The van der Waals surface area contributed by atoms with Gasteiger partial charge in [0.1, 0.15) is 0 Å². The molecule has 2 atom stereocenters. The molecule has 2 N–H and O–H groups in total. The third-order valence-corrected chi connectivity index (χ3v) is 3.06. The average molecular weight is 205 g/mol. The molecule has 1 unspecified atom stereocenters. The summed E-state index contributed by atoms with van der Waals surface area (Å²) < 4.78 is 5.86. The SMILES string of the molecule is NC1CCCC[C@@H]1OCc1ccccc1. The van der Waals surface area contributed by atoms with Crippen LogP contribution in [0, 0.1) is 0 Å². The summed E-state index contributed by atoms with van der Waals surface area (Å²) in [6.45, 7) is 0.694. The lowest BCUT2D eigenvalue weighted by molar-refractivity contribution is 0.00404. The lowest BCUT2D eigenvalue weighted by atomic mass is 9.93. The Morgan fingerprint density at radius 3 is 2.60 bits per heavy atom. The second-order valence-corrected chi connectivity index (χ2v) is 4.28. The van der Waals surface area contributed by atoms with E-state index in [4.69, 9.17) is 10.5 Å². The van der Waals surface area contributed by atoms with Gasteiger partial charge in [-0.1, -0.05) is 43.2 Å². The zero-order chi connectivity index (χ0) is 10.5. The van der Waals surface area contributed by atoms with Crippen molar-refractivity contribution in [2.24, 2.45) is 5.73 Å². The molecule has 0 heterocycles. The Kier molecular flexibility index (Phi) is 3.75. The number of hydrogen-bond acceptors (Lipinski definition) is 2. The highest BCUT2D eigenvalue weighted by Gasteiger charge is 2.21. The fourth-order valence-corrected chi connectivity index (χ4v) is 2.11. The minimum Gasteiger partial charge on any atom is -0.372 e. The van der Waals surface area contributed by atoms with Gasteiger partial charge in [0.2, 0.25) is 0 Å². The van der Waals surface area contributed by atoms with E-state index in [0.29, 0.717) is 6.61 Å². The van der Waals surface area contributed by atoms with Crippen molar-refractivity contribution < 1.29 is 4.74 Å². The molecule has 0 radical (unpaired) electrons. The number of benzene rings is 1. The van der Waals surface area contributed by atoms with Gasteiger partial charge >= 0.3 is 0 Å². The van der Waals surface area contributed by atoms with Gasteiger partial charge in [-0.3, -0.25) is 0 Å². The minimum absolute atomic E-state index is 0.238. The fraction of sp³-hybridized carbons (Fsp3) is 0.538. The molecule has 2 heteroatoms. The molecule has 1 aliphatic rings. The van der Waals surface area contributed by atoms with E-state index in [-0.39, 0.29) is 12.1 Å². The first-order chi connectivity index (χ1) is 7.36. The van der Waals surface area contributed by atoms with E-state index >= 15 is 0 Å². The first-order valence-electron chi connectivity index (χ1n) is 5.77. The molecule has 1 fully saturated rings. The van der Waals surface area contributed by atoms with E-state index in [2.05, 4.69) is 12.1 Å². The van der Waals surface area contributed by atoms with Gasteiger partial charge in [0, 0.05) is 6.04 Å². The van der Waals surface area contributed by atoms with Crippen molar-refractivity contribution >= 4 is 0 Å². The van der Waals surface area contributed by atoms with Crippen LogP contribution in [0.25, 0.3) is 0 Å². The molecule has 0 saturated heterocycles. The van der Waals surface area contributed by atoms with Gasteiger partial charge < -0.3 is 10.5 Å². The van der Waals surface area contributed by atoms with Crippen LogP contribution in [0.4, 0.5) is 0 Å². The smallest absolute Gasteiger partial charge is 0.0730 e. The molecule has 1 saturated carbocycles. The third kappa shape index (κ3) is 3.05. The van der Waals surface area contributed by atoms with Gasteiger partial charge in [-0.2, -0.15) is 0 Å². The molecule has 2 nitrogen and oxygen atoms in total. The largest absolute Gasteiger partial charge is 0.372 e. The molecule has 82 valence electrons. The molecule has 1 aromatic rings. The lowest BCUT2D eigenvalue weighted by Gasteiger charge is -2.28. The first kappa shape index (κ1) is 10.7. The Morgan fingerprint density at radius 2 is 1.87 bits per heavy atom. The van der Waals surface area contributed by atoms with Crippen molar-refractivity contribution in [2.75, 3.05) is 0 Å². The molecule has 0 bridgehead atoms. The minimum atomic E-state index is 0.238. The standard InChI is InChI=1S/C13H19NO/c14-12-8-4-5-9-13(12)15-10-11-6-2-1-3-7-11/h1-3,6-7,12-13H,4-5,8-10,14H2/t12?,13-/m0/s1. The summed E-state index contributed by atoms with van der Waals surface area (Å²) >= 11 is 0. The Balaban J connectivity index is 1.82. The zero-order valence-corrected chi connectivity index (χ0v) is 9.06. The monoisotopic (exact) mass is 205 g/mol. The number of ether oxygens (including phenoxy) is 1. The van der Waals surface area contributed by atoms with Crippen LogP contribution in [0.15, 0.2) is 30.3 Å². The molecular formula is C13H19NO. The molecule has 15 heavy (non-hydrogen) atoms. The average Bonchev–Trinajstić information content (AvgIpc) is 2.29. The van der Waals surface area contributed by atoms with E-state index in [1.165, 1.54) is 18.4 Å². The van der Waals surface area contributed by atoms with Crippen LogP contribution in [0.1, 0.15) is 31.2 Å². The lowest BCUT2D eigenvalue weighted by Crippen LogP contribution is -2.39. The van der Waals surface area contributed by atoms with Crippen LogP contribution in [-0.4, -0.2) is 12.1 Å². The topological polar surface area (TPSA) is 35.2 Å². The molecule has 0 aliphatic heterocycles. The van der Waals surface area contributed by atoms with Crippen LogP contribution in [0.3, 0.4) is 0 Å². The highest BCUT2D eigenvalue weighted by atomic mass is 16.5. The van der Waals surface area contributed by atoms with Crippen LogP contribution in [0.5, 0.6) is 0 Å². The second-order valence-electron chi connectivity index (χ2n) is 4.28. The van der Waals surface area contributed by atoms with Gasteiger partial charge in [-0.25, -0.2) is 0 Å². The van der Waals surface area contributed by atoms with Crippen molar-refractivity contribution in [1.82, 2.24) is 0 Å². The van der Waals surface area contributed by atoms with Crippen LogP contribution >= 0.6 is 0 Å². The molecule has 0 aromatic heterocycles. The predicted molar refractivity (Wildman–Crippen MR) is 61.5 cm³/mol. The Morgan fingerprint density at radius 1 is 1.13 bits per heavy atom. The van der Waals surface area contributed by atoms with Crippen molar-refractivity contribution in [3.8, 4) is 0 Å². The summed E-state index contributed by atoms with van der Waals surface area (Å²) in [4.78, 5) is 0. The highest BCUT2D eigenvalue weighted by molar-refractivity contribution is 5.13. The zero-order valence-electron chi connectivity index (χ0n) is 9.06. The number of hydrogen-bond donors (Lipinski definition) is 1. The summed E-state index contributed by atoms with van der Waals surface area (Å²) in [5.74, 6) is 0. The van der Waals surface area contributed by atoms with Gasteiger partial charge in [-0.05, 0) is 18.4 Å². The van der Waals surface area contributed by atoms with Crippen LogP contribution in [-0.2, 0) is 11.3 Å². The van der Waals surface area contributed by atoms with E-state index < -0.39 is 0 Å². The van der Waals surface area contributed by atoms with Crippen molar-refractivity contribution in [2.45, 2.75) is 44.4 Å². The van der Waals surface area contributed by atoms with Gasteiger partial charge in [-0.15, -0.1) is 0 Å². The molecular weight excluding hydrogens is 186 g/mol. The quantitative estimate of drug-likeness (QED) is 0.822. The Bertz CT molecular complexity index is 286. The summed E-state index contributed by atoms with van der Waals surface area (Å²) in [6.07, 6.45) is 5.01. The Hall–Kier alpha value is -0.860. The predicted octanol–water partition coefficient (Wildman–Crippen LogP) is 2.47. The van der Waals surface area contributed by atoms with E-state index in [0.717, 1.165) is 12.8 Å². The Labute approximate surface area is 91.4 Å². The second kappa shape index (κ2) is 5.29. The molecule has 1 aromatic carbocycles. The third-order valence-electron chi connectivity index (χ3n) is 3.06. The van der Waals surface area contributed by atoms with Crippen LogP contribution < -0.4 is 5.73 Å². The van der Waals surface area contributed by atoms with E-state index in [9.17, 15) is 0 Å². The molecule has 2 rings (SSSR count). The maximum Gasteiger partial charge on any atom is 0.0730 e. The molecule has 0 spiro atoms. The summed E-state index contributed by atoms with van der Waals surface area (Å²) in [5, 5.41) is 0. The summed E-state index contributed by atoms with van der Waals surface area (Å²) in [7, 11) is 0. The van der Waals surface area contributed by atoms with E-state index in [1.54, 1.807) is 0 Å². The number of nitrogens with two attached hydrogens (primary N) is 1. The normalized spacial score (nSPS) is 26.5. The van der Waals surface area contributed by atoms with Crippen molar-refractivity contribution in [3.63, 3.8) is 0 Å². The number of rotatable bonds is 3. The first-order valence-corrected chi connectivity index (χ1v) is 5.77. The summed E-state index contributed by atoms with van der Waals surface area (Å²) in [6, 6.07) is 10.5. The summed E-state index contributed by atoms with van der Waals surface area (Å²) in [5.41, 5.74) is 7.25. The maximum absolute atomic E-state index is 6.02. The van der Waals surface area contributed by atoms with E-state index in [1.807, 2.05) is 18.2 Å². The van der Waals surface area contributed by atoms with Gasteiger partial charge in [0.05, 0.1) is 12.7 Å². The fourth-order valence-electron chi connectivity index (χ4n) is 2.11. The maximum atomic E-state index is 6.02. The van der Waals surface area contributed by atoms with Gasteiger partial charge in [0.25, 0.3) is 0 Å². The molecule has 1 aliphatic carbocycles. The van der Waals surface area contributed by atoms with Crippen LogP contribution in [0.2, 0.25) is 0 Å². The highest BCUT2D eigenvalue weighted by Crippen LogP contribution is 2.20. The van der Waals surface area contributed by atoms with Crippen molar-refractivity contribution in [1.29, 1.82) is 0 Å².